The molecule has 152 valence electrons. The lowest BCUT2D eigenvalue weighted by Gasteiger charge is -2.07. The first kappa shape index (κ1) is 18.7. The van der Waals surface area contributed by atoms with Gasteiger partial charge in [0.2, 0.25) is 0 Å². The number of ether oxygens (including phenoxy) is 1. The minimum atomic E-state index is -0.226. The Kier molecular flexibility index (Phi) is 4.92. The van der Waals surface area contributed by atoms with Crippen molar-refractivity contribution >= 4 is 11.0 Å². The monoisotopic (exact) mass is 404 g/mol. The van der Waals surface area contributed by atoms with Gasteiger partial charge in [0.1, 0.15) is 11.3 Å². The number of hydrogen-bond acceptors (Lipinski definition) is 6. The van der Waals surface area contributed by atoms with Crippen molar-refractivity contribution in [1.29, 1.82) is 0 Å². The van der Waals surface area contributed by atoms with Crippen LogP contribution in [0.15, 0.2) is 49.3 Å². The van der Waals surface area contributed by atoms with E-state index in [0.29, 0.717) is 35.8 Å². The zero-order valence-corrected chi connectivity index (χ0v) is 16.6. The molecule has 3 aromatic heterocycles. The Balaban J connectivity index is 1.34. The first-order valence-corrected chi connectivity index (χ1v) is 9.97. The molecule has 5 rings (SSSR count). The van der Waals surface area contributed by atoms with E-state index in [1.807, 2.05) is 23.0 Å². The Labute approximate surface area is 173 Å². The summed E-state index contributed by atoms with van der Waals surface area (Å²) < 4.78 is 21.8. The van der Waals surface area contributed by atoms with Gasteiger partial charge >= 0.3 is 0 Å². The van der Waals surface area contributed by atoms with Gasteiger partial charge in [-0.1, -0.05) is 0 Å². The number of methoxy groups -OCH3 is 1. The second-order valence-electron chi connectivity index (χ2n) is 7.52. The second kappa shape index (κ2) is 7.87. The molecule has 1 aromatic carbocycles. The van der Waals surface area contributed by atoms with Gasteiger partial charge in [-0.15, -0.1) is 0 Å². The summed E-state index contributed by atoms with van der Waals surface area (Å²) in [4.78, 5) is 21.6. The fourth-order valence-electron chi connectivity index (χ4n) is 3.93. The first-order chi connectivity index (χ1) is 14.7. The topological polar surface area (TPSA) is 78.6 Å². The van der Waals surface area contributed by atoms with E-state index in [9.17, 15) is 4.39 Å². The van der Waals surface area contributed by atoms with Crippen LogP contribution in [0.5, 0.6) is 0 Å². The summed E-state index contributed by atoms with van der Waals surface area (Å²) in [7, 11) is 1.67. The quantitative estimate of drug-likeness (QED) is 0.437. The van der Waals surface area contributed by atoms with Crippen molar-refractivity contribution in [2.24, 2.45) is 0 Å². The fourth-order valence-corrected chi connectivity index (χ4v) is 3.93. The van der Waals surface area contributed by atoms with E-state index in [0.717, 1.165) is 24.0 Å². The highest BCUT2D eigenvalue weighted by molar-refractivity contribution is 5.77. The molecule has 1 saturated carbocycles. The van der Waals surface area contributed by atoms with Gasteiger partial charge < -0.3 is 9.30 Å². The zero-order valence-electron chi connectivity index (χ0n) is 16.6. The maximum Gasteiger partial charge on any atom is 0.197 e. The largest absolute Gasteiger partial charge is 0.385 e. The van der Waals surface area contributed by atoms with E-state index >= 15 is 0 Å². The van der Waals surface area contributed by atoms with E-state index in [2.05, 4.69) is 24.9 Å². The van der Waals surface area contributed by atoms with Crippen LogP contribution in [-0.2, 0) is 11.3 Å². The van der Waals surface area contributed by atoms with Crippen molar-refractivity contribution in [2.45, 2.75) is 31.2 Å². The number of rotatable bonds is 7. The predicted molar refractivity (Wildman–Crippen MR) is 109 cm³/mol. The highest BCUT2D eigenvalue weighted by Gasteiger charge is 2.40. The molecule has 0 amide bonds. The number of nitrogens with zero attached hydrogens (tertiary/aromatic N) is 6. The van der Waals surface area contributed by atoms with E-state index < -0.39 is 0 Å². The van der Waals surface area contributed by atoms with Gasteiger partial charge in [0.05, 0.1) is 11.8 Å². The maximum absolute atomic E-state index is 14.9. The molecule has 0 saturated heterocycles. The Hall–Kier alpha value is -3.26. The van der Waals surface area contributed by atoms with Crippen LogP contribution in [0.3, 0.4) is 0 Å². The molecule has 0 spiro atoms. The molecule has 2 atom stereocenters. The van der Waals surface area contributed by atoms with Crippen molar-refractivity contribution < 1.29 is 9.13 Å². The molecule has 8 heteroatoms. The molecule has 0 unspecified atom stereocenters. The summed E-state index contributed by atoms with van der Waals surface area (Å²) in [5.74, 6) is 1.32. The molecular formula is C22H21FN6O. The van der Waals surface area contributed by atoms with Gasteiger partial charge in [0.15, 0.2) is 11.6 Å². The number of imidazole rings is 1. The van der Waals surface area contributed by atoms with Crippen LogP contribution in [-0.4, -0.2) is 43.2 Å². The molecule has 1 aliphatic rings. The van der Waals surface area contributed by atoms with Gasteiger partial charge in [-0.2, -0.15) is 0 Å². The lowest BCUT2D eigenvalue weighted by Crippen LogP contribution is -2.01. The van der Waals surface area contributed by atoms with Gasteiger partial charge in [-0.05, 0) is 54.0 Å². The number of aromatic nitrogens is 6. The SMILES string of the molecule is COCCCn1cnc2cc([C@@H]3C[C@H]3c3cnc(-c4ncccn4)nc3)cc(F)c21. The number of benzene rings is 1. The zero-order chi connectivity index (χ0) is 20.5. The summed E-state index contributed by atoms with van der Waals surface area (Å²) in [6.07, 6.45) is 10.4. The maximum atomic E-state index is 14.9. The van der Waals surface area contributed by atoms with E-state index in [1.165, 1.54) is 0 Å². The van der Waals surface area contributed by atoms with Crippen LogP contribution in [0.25, 0.3) is 22.7 Å². The van der Waals surface area contributed by atoms with Crippen LogP contribution >= 0.6 is 0 Å². The first-order valence-electron chi connectivity index (χ1n) is 9.97. The lowest BCUT2D eigenvalue weighted by molar-refractivity contribution is 0.190. The summed E-state index contributed by atoms with van der Waals surface area (Å²) in [6, 6.07) is 5.41. The Bertz CT molecular complexity index is 1160. The molecule has 0 N–H and O–H groups in total. The normalized spacial score (nSPS) is 18.1. The molecule has 7 nitrogen and oxygen atoms in total. The van der Waals surface area contributed by atoms with Crippen molar-refractivity contribution in [3.63, 3.8) is 0 Å². The van der Waals surface area contributed by atoms with Gasteiger partial charge in [-0.3, -0.25) is 0 Å². The molecule has 1 aliphatic carbocycles. The smallest absolute Gasteiger partial charge is 0.197 e. The van der Waals surface area contributed by atoms with E-state index in [-0.39, 0.29) is 17.7 Å². The third-order valence-corrected chi connectivity index (χ3v) is 5.52. The van der Waals surface area contributed by atoms with Crippen molar-refractivity contribution in [1.82, 2.24) is 29.5 Å². The Morgan fingerprint density at radius 2 is 1.73 bits per heavy atom. The number of halogens is 1. The molecule has 1 fully saturated rings. The third kappa shape index (κ3) is 3.54. The fraction of sp³-hybridized carbons (Fsp3) is 0.318. The Morgan fingerprint density at radius 3 is 2.50 bits per heavy atom. The minimum Gasteiger partial charge on any atom is -0.385 e. The van der Waals surface area contributed by atoms with Crippen molar-refractivity contribution in [2.75, 3.05) is 13.7 Å². The number of hydrogen-bond donors (Lipinski definition) is 0. The second-order valence-corrected chi connectivity index (χ2v) is 7.52. The number of fused-ring (bicyclic) bond motifs is 1. The molecule has 30 heavy (non-hydrogen) atoms. The average Bonchev–Trinajstić information content (AvgIpc) is 3.48. The molecule has 0 aliphatic heterocycles. The van der Waals surface area contributed by atoms with Crippen LogP contribution in [0.2, 0.25) is 0 Å². The predicted octanol–water partition coefficient (Wildman–Crippen LogP) is 3.73. The molecule has 0 radical (unpaired) electrons. The highest BCUT2D eigenvalue weighted by atomic mass is 19.1. The third-order valence-electron chi connectivity index (χ3n) is 5.52. The van der Waals surface area contributed by atoms with Crippen LogP contribution in [0, 0.1) is 5.82 Å². The highest BCUT2D eigenvalue weighted by Crippen LogP contribution is 2.54. The average molecular weight is 404 g/mol. The van der Waals surface area contributed by atoms with Crippen LogP contribution in [0.4, 0.5) is 4.39 Å². The summed E-state index contributed by atoms with van der Waals surface area (Å²) in [5.41, 5.74) is 3.27. The van der Waals surface area contributed by atoms with E-state index in [4.69, 9.17) is 4.74 Å². The van der Waals surface area contributed by atoms with Crippen molar-refractivity contribution in [3.8, 4) is 11.6 Å². The van der Waals surface area contributed by atoms with Crippen LogP contribution in [0.1, 0.15) is 35.8 Å². The standard InChI is InChI=1S/C22H21FN6O/c1-30-7-3-6-29-13-28-19-9-14(8-18(23)20(19)29)16-10-17(16)15-11-26-22(27-12-15)21-24-4-2-5-25-21/h2,4-5,8-9,11-13,16-17H,3,6-7,10H2,1H3/t16-,17-/m0/s1. The minimum absolute atomic E-state index is 0.226. The van der Waals surface area contributed by atoms with Crippen LogP contribution < -0.4 is 0 Å². The molecule has 3 heterocycles. The number of aryl methyl sites for hydroxylation is 1. The molecule has 0 bridgehead atoms. The van der Waals surface area contributed by atoms with Gasteiger partial charge in [0.25, 0.3) is 0 Å². The lowest BCUT2D eigenvalue weighted by atomic mass is 10.1. The Morgan fingerprint density at radius 1 is 1.00 bits per heavy atom. The van der Waals surface area contributed by atoms with Gasteiger partial charge in [-0.25, -0.2) is 29.3 Å². The van der Waals surface area contributed by atoms with Gasteiger partial charge in [0, 0.05) is 45.0 Å². The summed E-state index contributed by atoms with van der Waals surface area (Å²) in [5, 5.41) is 0. The van der Waals surface area contributed by atoms with Crippen molar-refractivity contribution in [3.05, 3.63) is 66.3 Å². The molecule has 4 aromatic rings. The molecular weight excluding hydrogens is 383 g/mol. The summed E-state index contributed by atoms with van der Waals surface area (Å²) in [6.45, 7) is 1.32. The summed E-state index contributed by atoms with van der Waals surface area (Å²) >= 11 is 0. The van der Waals surface area contributed by atoms with E-state index in [1.54, 1.807) is 38.0 Å².